The van der Waals surface area contributed by atoms with Crippen LogP contribution in [0.5, 0.6) is 0 Å². The molecule has 0 fully saturated rings. The molecule has 12 nitrogen and oxygen atoms in total. The summed E-state index contributed by atoms with van der Waals surface area (Å²) >= 11 is 0. The van der Waals surface area contributed by atoms with Crippen LogP contribution < -0.4 is 10.6 Å². The minimum Gasteiger partial charge on any atom is -0.481 e. The van der Waals surface area contributed by atoms with Gasteiger partial charge in [0.1, 0.15) is 23.3 Å². The van der Waals surface area contributed by atoms with Gasteiger partial charge in [-0.3, -0.25) is 34.3 Å². The Labute approximate surface area is 288 Å². The van der Waals surface area contributed by atoms with Crippen molar-refractivity contribution in [1.29, 1.82) is 0 Å². The Morgan fingerprint density at radius 2 is 1.46 bits per heavy atom. The lowest BCUT2D eigenvalue weighted by Crippen LogP contribution is -2.44. The van der Waals surface area contributed by atoms with Crippen molar-refractivity contribution in [2.75, 3.05) is 18.4 Å². The van der Waals surface area contributed by atoms with E-state index in [2.05, 4.69) is 30.6 Å². The lowest BCUT2D eigenvalue weighted by Gasteiger charge is -2.21. The van der Waals surface area contributed by atoms with Gasteiger partial charge in [-0.25, -0.2) is 4.79 Å². The van der Waals surface area contributed by atoms with Gasteiger partial charge in [0, 0.05) is 60.9 Å². The van der Waals surface area contributed by atoms with E-state index in [1.807, 2.05) is 50.2 Å². The highest BCUT2D eigenvalue weighted by molar-refractivity contribution is 6.06. The van der Waals surface area contributed by atoms with Crippen LogP contribution in [-0.2, 0) is 16.0 Å². The minimum atomic E-state index is -0.939. The highest BCUT2D eigenvalue weighted by Crippen LogP contribution is 2.33. The molecule has 0 aliphatic carbocycles. The number of pyridine rings is 2. The normalized spacial score (nSPS) is 17.2. The van der Waals surface area contributed by atoms with Crippen molar-refractivity contribution < 1.29 is 29.4 Å². The monoisotopic (exact) mass is 672 g/mol. The topological polar surface area (TPSA) is 183 Å². The number of benzene rings is 2. The van der Waals surface area contributed by atoms with Crippen molar-refractivity contribution in [2.24, 2.45) is 15.9 Å². The van der Waals surface area contributed by atoms with Crippen LogP contribution in [0, 0.1) is 19.8 Å². The highest BCUT2D eigenvalue weighted by atomic mass is 16.4. The summed E-state index contributed by atoms with van der Waals surface area (Å²) in [5.74, 6) is -2.34. The van der Waals surface area contributed by atoms with Crippen LogP contribution in [0.4, 0.5) is 5.69 Å². The molecule has 2 aliphatic rings. The molecule has 2 aliphatic heterocycles. The zero-order valence-electron chi connectivity index (χ0n) is 27.6. The maximum atomic E-state index is 13.3. The van der Waals surface area contributed by atoms with Gasteiger partial charge in [0.05, 0.1) is 5.92 Å². The van der Waals surface area contributed by atoms with E-state index in [0.29, 0.717) is 66.4 Å². The molecule has 4 aromatic rings. The highest BCUT2D eigenvalue weighted by Gasteiger charge is 2.25. The zero-order valence-corrected chi connectivity index (χ0v) is 27.6. The van der Waals surface area contributed by atoms with E-state index >= 15 is 0 Å². The zero-order chi connectivity index (χ0) is 35.4. The van der Waals surface area contributed by atoms with Crippen molar-refractivity contribution in [3.63, 3.8) is 0 Å². The number of aromatic nitrogens is 2. The fraction of sp³-hybridized carbons (Fsp3) is 0.263. The standard InChI is InChI=1S/C38H36N6O6/c1-21-23(18-34(45)30-11-10-26(20-41-30)35-40-16-14-32(43-35)38(49)50)5-3-6-27(21)28-7-4-8-29(22(28)2)44-36(46)31-12-9-25(19-42-31)33-17-24(37(47)48)13-15-39-33/h3-12,19-20,24,32H,13-18H2,1-2H3,(H,40,43)(H,44,46)(H,47,48)(H,49,50). The molecule has 4 heterocycles. The van der Waals surface area contributed by atoms with Crippen molar-refractivity contribution in [3.8, 4) is 11.1 Å². The van der Waals surface area contributed by atoms with Crippen molar-refractivity contribution in [2.45, 2.75) is 45.6 Å². The maximum absolute atomic E-state index is 13.3. The average Bonchev–Trinajstić information content (AvgIpc) is 3.13. The summed E-state index contributed by atoms with van der Waals surface area (Å²) < 4.78 is 0. The Kier molecular flexibility index (Phi) is 9.89. The first kappa shape index (κ1) is 33.8. The molecule has 0 saturated carbocycles. The summed E-state index contributed by atoms with van der Waals surface area (Å²) in [7, 11) is 0. The second-order valence-corrected chi connectivity index (χ2v) is 12.4. The first-order chi connectivity index (χ1) is 24.1. The van der Waals surface area contributed by atoms with E-state index < -0.39 is 23.9 Å². The van der Waals surface area contributed by atoms with Crippen molar-refractivity contribution in [3.05, 3.63) is 112 Å². The molecule has 0 spiro atoms. The summed E-state index contributed by atoms with van der Waals surface area (Å²) in [6.45, 7) is 4.73. The second kappa shape index (κ2) is 14.6. The third-order valence-corrected chi connectivity index (χ3v) is 9.19. The number of carbonyl (C=O) groups is 4. The molecule has 2 unspecified atom stereocenters. The van der Waals surface area contributed by atoms with E-state index in [4.69, 9.17) is 0 Å². The van der Waals surface area contributed by atoms with Gasteiger partial charge in [-0.1, -0.05) is 30.3 Å². The van der Waals surface area contributed by atoms with Gasteiger partial charge >= 0.3 is 11.9 Å². The third kappa shape index (κ3) is 7.34. The molecule has 2 aromatic heterocycles. The van der Waals surface area contributed by atoms with Crippen molar-refractivity contribution >= 4 is 40.9 Å². The van der Waals surface area contributed by atoms with E-state index in [0.717, 1.165) is 27.8 Å². The Balaban J connectivity index is 1.14. The number of carboxylic acids is 2. The van der Waals surface area contributed by atoms with Gasteiger partial charge in [0.2, 0.25) is 0 Å². The van der Waals surface area contributed by atoms with Crippen LogP contribution in [0.2, 0.25) is 0 Å². The van der Waals surface area contributed by atoms with Gasteiger partial charge < -0.3 is 20.8 Å². The number of nitrogens with zero attached hydrogens (tertiary/aromatic N) is 4. The molecule has 0 bridgehead atoms. The number of aliphatic carboxylic acids is 2. The van der Waals surface area contributed by atoms with Gasteiger partial charge in [-0.2, -0.15) is 0 Å². The molecule has 4 N–H and O–H groups in total. The number of carbonyl (C=O) groups excluding carboxylic acids is 2. The number of hydrogen-bond acceptors (Lipinski definition) is 9. The lowest BCUT2D eigenvalue weighted by atomic mass is 9.91. The summed E-state index contributed by atoms with van der Waals surface area (Å²) in [5, 5.41) is 24.6. The van der Waals surface area contributed by atoms with Gasteiger partial charge in [0.25, 0.3) is 5.91 Å². The largest absolute Gasteiger partial charge is 0.481 e. The second-order valence-electron chi connectivity index (χ2n) is 12.4. The number of amidine groups is 1. The fourth-order valence-electron chi connectivity index (χ4n) is 6.20. The Morgan fingerprint density at radius 1 is 0.780 bits per heavy atom. The van der Waals surface area contributed by atoms with Gasteiger partial charge in [-0.15, -0.1) is 0 Å². The summed E-state index contributed by atoms with van der Waals surface area (Å²) in [4.78, 5) is 66.9. The summed E-state index contributed by atoms with van der Waals surface area (Å²) in [5.41, 5.74) is 7.59. The molecule has 2 atom stereocenters. The van der Waals surface area contributed by atoms with Gasteiger partial charge in [-0.05, 0) is 84.8 Å². The predicted molar refractivity (Wildman–Crippen MR) is 188 cm³/mol. The van der Waals surface area contributed by atoms with Gasteiger partial charge in [0.15, 0.2) is 5.78 Å². The SMILES string of the molecule is Cc1c(CC(=O)c2ccc(C3=NCCC(C(=O)O)N3)cn2)cccc1-c1cccc(NC(=O)c2ccc(C3=NCCC(C(=O)O)C3)cn2)c1C. The fourth-order valence-corrected chi connectivity index (χ4v) is 6.20. The molecule has 2 aromatic carbocycles. The molecule has 6 rings (SSSR count). The van der Waals surface area contributed by atoms with Crippen LogP contribution >= 0.6 is 0 Å². The Morgan fingerprint density at radius 3 is 2.16 bits per heavy atom. The molecule has 0 saturated heterocycles. The molecule has 254 valence electrons. The number of amides is 1. The molecular weight excluding hydrogens is 636 g/mol. The number of carboxylic acid groups (broad SMARTS) is 2. The molecule has 0 radical (unpaired) electrons. The molecular formula is C38H36N6O6. The van der Waals surface area contributed by atoms with Crippen LogP contribution in [-0.4, -0.2) is 74.5 Å². The van der Waals surface area contributed by atoms with Crippen LogP contribution in [0.15, 0.2) is 83.0 Å². The predicted octanol–water partition coefficient (Wildman–Crippen LogP) is 4.91. The summed E-state index contributed by atoms with van der Waals surface area (Å²) in [6, 6.07) is 17.4. The summed E-state index contributed by atoms with van der Waals surface area (Å²) in [6.07, 6.45) is 4.46. The number of rotatable bonds is 10. The quantitative estimate of drug-likeness (QED) is 0.170. The maximum Gasteiger partial charge on any atom is 0.326 e. The van der Waals surface area contributed by atoms with Crippen molar-refractivity contribution in [1.82, 2.24) is 15.3 Å². The number of aliphatic imine (C=N–C) groups is 2. The van der Waals surface area contributed by atoms with E-state index in [-0.39, 0.29) is 23.8 Å². The molecule has 12 heteroatoms. The lowest BCUT2D eigenvalue weighted by molar-refractivity contribution is -0.142. The molecule has 1 amide bonds. The number of Topliss-reactive ketones (excluding diaryl/α,β-unsaturated/α-hetero) is 1. The van der Waals surface area contributed by atoms with E-state index in [1.165, 1.54) is 6.20 Å². The first-order valence-corrected chi connectivity index (χ1v) is 16.3. The average molecular weight is 673 g/mol. The third-order valence-electron chi connectivity index (χ3n) is 9.19. The number of hydrogen-bond donors (Lipinski definition) is 4. The first-order valence-electron chi connectivity index (χ1n) is 16.3. The molecule has 50 heavy (non-hydrogen) atoms. The Bertz CT molecular complexity index is 1890. The number of anilines is 1. The number of nitrogens with one attached hydrogen (secondary N) is 2. The smallest absolute Gasteiger partial charge is 0.326 e. The Hall–Kier alpha value is -6.04. The van der Waals surface area contributed by atoms with Crippen LogP contribution in [0.1, 0.15) is 68.1 Å². The minimum absolute atomic E-state index is 0.132. The van der Waals surface area contributed by atoms with E-state index in [1.54, 1.807) is 30.5 Å². The number of ketones is 1. The van der Waals surface area contributed by atoms with Crippen LogP contribution in [0.25, 0.3) is 11.1 Å². The van der Waals surface area contributed by atoms with Crippen LogP contribution in [0.3, 0.4) is 0 Å². The van der Waals surface area contributed by atoms with E-state index in [9.17, 15) is 29.4 Å².